The maximum Gasteiger partial charge on any atom is 0.224 e. The van der Waals surface area contributed by atoms with Crippen LogP contribution in [0.25, 0.3) is 0 Å². The Balaban J connectivity index is 1.73. The molecule has 1 aliphatic carbocycles. The normalized spacial score (nSPS) is 20.3. The molecule has 1 aliphatic heterocycles. The van der Waals surface area contributed by atoms with Gasteiger partial charge in [0.25, 0.3) is 0 Å². The number of hydrogen-bond donors (Lipinski definition) is 1. The zero-order valence-electron chi connectivity index (χ0n) is 14.0. The predicted molar refractivity (Wildman–Crippen MR) is 91.8 cm³/mol. The molecule has 1 aromatic carbocycles. The fourth-order valence-corrected chi connectivity index (χ4v) is 3.23. The number of anilines is 1. The number of nitriles is 1. The van der Waals surface area contributed by atoms with Gasteiger partial charge in [0, 0.05) is 25.2 Å². The molecule has 2 aliphatic rings. The van der Waals surface area contributed by atoms with Crippen LogP contribution in [0.5, 0.6) is 0 Å². The quantitative estimate of drug-likeness (QED) is 0.844. The maximum absolute atomic E-state index is 12.4. The van der Waals surface area contributed by atoms with E-state index in [1.165, 1.54) is 19.8 Å². The predicted octanol–water partition coefficient (Wildman–Crippen LogP) is 2.50. The highest BCUT2D eigenvalue weighted by molar-refractivity contribution is 5.95. The largest absolute Gasteiger partial charge is 0.370 e. The van der Waals surface area contributed by atoms with E-state index in [1.54, 1.807) is 18.2 Å². The average Bonchev–Trinajstić information content (AvgIpc) is 3.43. The Bertz CT molecular complexity index is 688. The molecule has 0 radical (unpaired) electrons. The second-order valence-corrected chi connectivity index (χ2v) is 6.87. The lowest BCUT2D eigenvalue weighted by molar-refractivity contribution is -0.125. The molecule has 3 rings (SSSR count). The first-order valence-electron chi connectivity index (χ1n) is 8.66. The third kappa shape index (κ3) is 3.76. The third-order valence-electron chi connectivity index (χ3n) is 4.92. The lowest BCUT2D eigenvalue weighted by Gasteiger charge is -2.34. The van der Waals surface area contributed by atoms with Crippen molar-refractivity contribution in [3.05, 3.63) is 29.3 Å². The summed E-state index contributed by atoms with van der Waals surface area (Å²) in [5.41, 5.74) is 1.92. The van der Waals surface area contributed by atoms with Crippen molar-refractivity contribution >= 4 is 17.4 Å². The highest BCUT2D eigenvalue weighted by Gasteiger charge is 2.29. The fraction of sp³-hybridized carbons (Fsp3) is 0.526. The topological polar surface area (TPSA) is 73.2 Å². The molecular formula is C19H23N3O2. The second-order valence-electron chi connectivity index (χ2n) is 6.87. The summed E-state index contributed by atoms with van der Waals surface area (Å²) >= 11 is 0. The first-order valence-corrected chi connectivity index (χ1v) is 8.66. The number of amides is 1. The van der Waals surface area contributed by atoms with Crippen LogP contribution in [0.4, 0.5) is 5.69 Å². The van der Waals surface area contributed by atoms with Crippen molar-refractivity contribution in [2.24, 2.45) is 11.8 Å². The zero-order valence-corrected chi connectivity index (χ0v) is 14.0. The molecule has 0 aromatic heterocycles. The Morgan fingerprint density at radius 1 is 1.33 bits per heavy atom. The summed E-state index contributed by atoms with van der Waals surface area (Å²) in [6.45, 7) is 3.73. The number of carbonyl (C=O) groups is 2. The van der Waals surface area contributed by atoms with Crippen LogP contribution in [0.15, 0.2) is 18.2 Å². The van der Waals surface area contributed by atoms with Crippen LogP contribution >= 0.6 is 0 Å². The molecule has 1 aromatic rings. The lowest BCUT2D eigenvalue weighted by atomic mass is 9.95. The molecule has 1 unspecified atom stereocenters. The molecule has 24 heavy (non-hydrogen) atoms. The van der Waals surface area contributed by atoms with Gasteiger partial charge in [-0.3, -0.25) is 9.59 Å². The van der Waals surface area contributed by atoms with E-state index in [1.807, 2.05) is 0 Å². The van der Waals surface area contributed by atoms with Crippen molar-refractivity contribution in [3.8, 4) is 6.07 Å². The molecule has 0 spiro atoms. The number of benzene rings is 1. The van der Waals surface area contributed by atoms with Crippen LogP contribution in [0.2, 0.25) is 0 Å². The van der Waals surface area contributed by atoms with Crippen LogP contribution in [-0.2, 0) is 4.79 Å². The summed E-state index contributed by atoms with van der Waals surface area (Å²) in [6.07, 6.45) is 4.23. The van der Waals surface area contributed by atoms with Crippen LogP contribution in [0, 0.1) is 23.2 Å². The fourth-order valence-electron chi connectivity index (χ4n) is 3.23. The summed E-state index contributed by atoms with van der Waals surface area (Å²) < 4.78 is 0. The van der Waals surface area contributed by atoms with Crippen LogP contribution < -0.4 is 10.2 Å². The van der Waals surface area contributed by atoms with E-state index in [0.717, 1.165) is 31.6 Å². The third-order valence-corrected chi connectivity index (χ3v) is 4.92. The van der Waals surface area contributed by atoms with Crippen molar-refractivity contribution in [1.29, 1.82) is 5.26 Å². The lowest BCUT2D eigenvalue weighted by Crippen LogP contribution is -2.43. The Hall–Kier alpha value is -2.35. The van der Waals surface area contributed by atoms with Crippen molar-refractivity contribution in [2.45, 2.75) is 32.6 Å². The molecule has 1 N–H and O–H groups in total. The smallest absolute Gasteiger partial charge is 0.224 e. The van der Waals surface area contributed by atoms with E-state index >= 15 is 0 Å². The Morgan fingerprint density at radius 3 is 2.79 bits per heavy atom. The number of carbonyl (C=O) groups excluding carboxylic acids is 2. The van der Waals surface area contributed by atoms with Gasteiger partial charge in [-0.1, -0.05) is 0 Å². The van der Waals surface area contributed by atoms with Crippen molar-refractivity contribution < 1.29 is 9.59 Å². The minimum Gasteiger partial charge on any atom is -0.370 e. The van der Waals surface area contributed by atoms with Gasteiger partial charge in [0.1, 0.15) is 6.07 Å². The van der Waals surface area contributed by atoms with E-state index in [0.29, 0.717) is 23.6 Å². The Labute approximate surface area is 142 Å². The van der Waals surface area contributed by atoms with E-state index in [2.05, 4.69) is 16.3 Å². The van der Waals surface area contributed by atoms with E-state index in [9.17, 15) is 14.9 Å². The minimum absolute atomic E-state index is 0.0172. The molecule has 1 atom stereocenters. The van der Waals surface area contributed by atoms with Gasteiger partial charge in [-0.25, -0.2) is 0 Å². The van der Waals surface area contributed by atoms with Gasteiger partial charge in [-0.2, -0.15) is 5.26 Å². The summed E-state index contributed by atoms with van der Waals surface area (Å²) in [7, 11) is 0. The van der Waals surface area contributed by atoms with Crippen molar-refractivity contribution in [1.82, 2.24) is 5.32 Å². The van der Waals surface area contributed by atoms with Crippen molar-refractivity contribution in [3.63, 3.8) is 0 Å². The maximum atomic E-state index is 12.4. The SMILES string of the molecule is CC(=O)c1ccc(C#N)c(N2CCCC(C(=O)NCC3CC3)C2)c1. The van der Waals surface area contributed by atoms with Gasteiger partial charge < -0.3 is 10.2 Å². The molecule has 1 amide bonds. The summed E-state index contributed by atoms with van der Waals surface area (Å²) in [5.74, 6) is 0.723. The first-order chi connectivity index (χ1) is 11.6. The average molecular weight is 325 g/mol. The highest BCUT2D eigenvalue weighted by atomic mass is 16.2. The molecule has 1 saturated heterocycles. The van der Waals surface area contributed by atoms with Crippen LogP contribution in [0.3, 0.4) is 0 Å². The summed E-state index contributed by atoms with van der Waals surface area (Å²) in [5, 5.41) is 12.4. The standard InChI is InChI=1S/C19H23N3O2/c1-13(23)15-6-7-16(10-20)18(9-15)22-8-2-3-17(12-22)19(24)21-11-14-4-5-14/h6-7,9,14,17H,2-5,8,11-12H2,1H3,(H,21,24). The second kappa shape index (κ2) is 7.04. The Kier molecular flexibility index (Phi) is 4.84. The highest BCUT2D eigenvalue weighted by Crippen LogP contribution is 2.29. The van der Waals surface area contributed by atoms with Crippen molar-refractivity contribution in [2.75, 3.05) is 24.5 Å². The number of hydrogen-bond acceptors (Lipinski definition) is 4. The number of piperidine rings is 1. The number of Topliss-reactive ketones (excluding diaryl/α,β-unsaturated/α-hetero) is 1. The molecule has 1 saturated carbocycles. The molecule has 5 nitrogen and oxygen atoms in total. The van der Waals surface area contributed by atoms with Gasteiger partial charge in [0.2, 0.25) is 5.91 Å². The minimum atomic E-state index is -0.0509. The number of rotatable bonds is 5. The summed E-state index contributed by atoms with van der Waals surface area (Å²) in [6, 6.07) is 7.37. The van der Waals surface area contributed by atoms with E-state index in [-0.39, 0.29) is 17.6 Å². The molecule has 5 heteroatoms. The molecular weight excluding hydrogens is 302 g/mol. The Morgan fingerprint density at radius 2 is 2.12 bits per heavy atom. The van der Waals surface area contributed by atoms with Crippen LogP contribution in [-0.4, -0.2) is 31.3 Å². The molecule has 0 bridgehead atoms. The monoisotopic (exact) mass is 325 g/mol. The summed E-state index contributed by atoms with van der Waals surface area (Å²) in [4.78, 5) is 26.1. The van der Waals surface area contributed by atoms with Gasteiger partial charge in [-0.05, 0) is 56.7 Å². The van der Waals surface area contributed by atoms with Gasteiger partial charge in [0.05, 0.1) is 17.2 Å². The van der Waals surface area contributed by atoms with Gasteiger partial charge in [0.15, 0.2) is 5.78 Å². The molecule has 126 valence electrons. The van der Waals surface area contributed by atoms with E-state index < -0.39 is 0 Å². The van der Waals surface area contributed by atoms with Gasteiger partial charge >= 0.3 is 0 Å². The first kappa shape index (κ1) is 16.5. The number of nitrogens with one attached hydrogen (secondary N) is 1. The zero-order chi connectivity index (χ0) is 17.1. The number of ketones is 1. The molecule has 2 fully saturated rings. The van der Waals surface area contributed by atoms with Gasteiger partial charge in [-0.15, -0.1) is 0 Å². The van der Waals surface area contributed by atoms with E-state index in [4.69, 9.17) is 0 Å². The van der Waals surface area contributed by atoms with Crippen LogP contribution in [0.1, 0.15) is 48.5 Å². The molecule has 1 heterocycles. The number of nitrogens with zero attached hydrogens (tertiary/aromatic N) is 2.